The average Bonchev–Trinajstić information content (AvgIpc) is 2.87. The number of H-pyrrole nitrogens is 1. The van der Waals surface area contributed by atoms with Crippen molar-refractivity contribution in [3.8, 4) is 0 Å². The molecule has 0 bridgehead atoms. The van der Waals surface area contributed by atoms with Crippen LogP contribution in [0, 0.1) is 0 Å². The first-order chi connectivity index (χ1) is 10.2. The van der Waals surface area contributed by atoms with Crippen molar-refractivity contribution in [2.75, 3.05) is 13.1 Å². The summed E-state index contributed by atoms with van der Waals surface area (Å²) in [5.41, 5.74) is 9.04. The molecule has 0 saturated carbocycles. The standard InChI is InChI=1S/C17H29N3O2/c1-16(2,3)22-15(21)19-11-17(4,10-18)14-9-12-7-5-6-8-13(12)20-14/h9,20H,5-8,10-11,18H2,1-4H3,(H,19,21). The summed E-state index contributed by atoms with van der Waals surface area (Å²) in [6.45, 7) is 8.55. The van der Waals surface area contributed by atoms with Crippen molar-refractivity contribution < 1.29 is 9.53 Å². The molecule has 0 radical (unpaired) electrons. The minimum atomic E-state index is -0.491. The van der Waals surface area contributed by atoms with Crippen LogP contribution in [-0.2, 0) is 23.0 Å². The molecule has 1 aliphatic rings. The molecule has 0 saturated heterocycles. The van der Waals surface area contributed by atoms with Gasteiger partial charge in [-0.25, -0.2) is 4.79 Å². The average molecular weight is 307 g/mol. The Kier molecular flexibility index (Phi) is 4.85. The maximum atomic E-state index is 11.9. The Balaban J connectivity index is 2.05. The van der Waals surface area contributed by atoms with Crippen LogP contribution in [0.2, 0.25) is 0 Å². The highest BCUT2D eigenvalue weighted by molar-refractivity contribution is 5.67. The summed E-state index contributed by atoms with van der Waals surface area (Å²) < 4.78 is 5.29. The quantitative estimate of drug-likeness (QED) is 0.800. The lowest BCUT2D eigenvalue weighted by molar-refractivity contribution is 0.0516. The van der Waals surface area contributed by atoms with Gasteiger partial charge in [-0.15, -0.1) is 0 Å². The van der Waals surface area contributed by atoms with Crippen LogP contribution in [0.1, 0.15) is 57.5 Å². The SMILES string of the molecule is CC(C)(C)OC(=O)NCC(C)(CN)c1cc2c([nH]1)CCCC2. The fourth-order valence-electron chi connectivity index (χ4n) is 2.79. The van der Waals surface area contributed by atoms with Gasteiger partial charge in [-0.1, -0.05) is 6.92 Å². The van der Waals surface area contributed by atoms with E-state index in [-0.39, 0.29) is 5.41 Å². The van der Waals surface area contributed by atoms with Gasteiger partial charge in [0.25, 0.3) is 0 Å². The van der Waals surface area contributed by atoms with Crippen LogP contribution in [0.4, 0.5) is 4.79 Å². The Labute approximate surface area is 133 Å². The van der Waals surface area contributed by atoms with Crippen molar-refractivity contribution in [3.63, 3.8) is 0 Å². The minimum Gasteiger partial charge on any atom is -0.444 e. The summed E-state index contributed by atoms with van der Waals surface area (Å²) in [6.07, 6.45) is 4.33. The molecule has 1 aromatic heterocycles. The highest BCUT2D eigenvalue weighted by atomic mass is 16.6. The summed E-state index contributed by atoms with van der Waals surface area (Å²) in [5.74, 6) is 0. The second kappa shape index (κ2) is 6.32. The van der Waals surface area contributed by atoms with E-state index < -0.39 is 11.7 Å². The van der Waals surface area contributed by atoms with Gasteiger partial charge >= 0.3 is 6.09 Å². The molecule has 1 amide bonds. The number of alkyl carbamates (subject to hydrolysis) is 1. The molecule has 1 atom stereocenters. The molecule has 1 aliphatic carbocycles. The Hall–Kier alpha value is -1.49. The lowest BCUT2D eigenvalue weighted by atomic mass is 9.86. The van der Waals surface area contributed by atoms with Gasteiger partial charge < -0.3 is 20.8 Å². The third-order valence-electron chi connectivity index (χ3n) is 4.24. The minimum absolute atomic E-state index is 0.311. The predicted molar refractivity (Wildman–Crippen MR) is 88.1 cm³/mol. The zero-order chi connectivity index (χ0) is 16.4. The van der Waals surface area contributed by atoms with Gasteiger partial charge in [-0.2, -0.15) is 0 Å². The lowest BCUT2D eigenvalue weighted by Gasteiger charge is -2.28. The molecule has 0 aliphatic heterocycles. The third kappa shape index (κ3) is 4.03. The molecule has 5 heteroatoms. The molecule has 1 aromatic rings. The van der Waals surface area contributed by atoms with E-state index in [0.717, 1.165) is 18.5 Å². The number of aromatic nitrogens is 1. The van der Waals surface area contributed by atoms with E-state index >= 15 is 0 Å². The molecule has 1 unspecified atom stereocenters. The van der Waals surface area contributed by atoms with E-state index in [0.29, 0.717) is 13.1 Å². The fourth-order valence-corrected chi connectivity index (χ4v) is 2.79. The molecule has 124 valence electrons. The van der Waals surface area contributed by atoms with Crippen LogP contribution in [0.5, 0.6) is 0 Å². The van der Waals surface area contributed by atoms with Crippen LogP contribution >= 0.6 is 0 Å². The predicted octanol–water partition coefficient (Wildman–Crippen LogP) is 2.63. The maximum Gasteiger partial charge on any atom is 0.407 e. The topological polar surface area (TPSA) is 80.1 Å². The summed E-state index contributed by atoms with van der Waals surface area (Å²) in [5, 5.41) is 2.85. The number of nitrogens with two attached hydrogens (primary N) is 1. The molecule has 5 nitrogen and oxygen atoms in total. The van der Waals surface area contributed by atoms with Gasteiger partial charge in [0.05, 0.1) is 0 Å². The van der Waals surface area contributed by atoms with E-state index in [2.05, 4.69) is 23.3 Å². The van der Waals surface area contributed by atoms with Gasteiger partial charge in [0, 0.05) is 29.9 Å². The number of hydrogen-bond donors (Lipinski definition) is 3. The first-order valence-electron chi connectivity index (χ1n) is 8.12. The number of amides is 1. The normalized spacial score (nSPS) is 17.5. The second-order valence-electron chi connectivity index (χ2n) is 7.51. The number of rotatable bonds is 4. The largest absolute Gasteiger partial charge is 0.444 e. The molecule has 4 N–H and O–H groups in total. The molecular weight excluding hydrogens is 278 g/mol. The summed E-state index contributed by atoms with van der Waals surface area (Å²) >= 11 is 0. The van der Waals surface area contributed by atoms with E-state index in [1.807, 2.05) is 20.8 Å². The van der Waals surface area contributed by atoms with Crippen molar-refractivity contribution in [3.05, 3.63) is 23.0 Å². The van der Waals surface area contributed by atoms with Gasteiger partial charge in [-0.3, -0.25) is 0 Å². The van der Waals surface area contributed by atoms with Gasteiger partial charge in [0.2, 0.25) is 0 Å². The smallest absolute Gasteiger partial charge is 0.407 e. The fraction of sp³-hybridized carbons (Fsp3) is 0.706. The summed E-state index contributed by atoms with van der Waals surface area (Å²) in [4.78, 5) is 15.4. The maximum absolute atomic E-state index is 11.9. The van der Waals surface area contributed by atoms with Gasteiger partial charge in [0.15, 0.2) is 0 Å². The van der Waals surface area contributed by atoms with Gasteiger partial charge in [0.1, 0.15) is 5.60 Å². The second-order valence-corrected chi connectivity index (χ2v) is 7.51. The number of hydrogen-bond acceptors (Lipinski definition) is 3. The van der Waals surface area contributed by atoms with Crippen LogP contribution in [-0.4, -0.2) is 29.8 Å². The van der Waals surface area contributed by atoms with E-state index in [4.69, 9.17) is 10.5 Å². The van der Waals surface area contributed by atoms with Gasteiger partial charge in [-0.05, 0) is 58.1 Å². The Morgan fingerprint density at radius 3 is 2.59 bits per heavy atom. The molecule has 0 aromatic carbocycles. The zero-order valence-electron chi connectivity index (χ0n) is 14.2. The number of aryl methyl sites for hydroxylation is 2. The monoisotopic (exact) mass is 307 g/mol. The van der Waals surface area contributed by atoms with Crippen LogP contribution in [0.15, 0.2) is 6.07 Å². The zero-order valence-corrected chi connectivity index (χ0v) is 14.2. The Bertz CT molecular complexity index is 507. The number of carbonyl (C=O) groups is 1. The summed E-state index contributed by atoms with van der Waals surface area (Å²) in [7, 11) is 0. The first-order valence-corrected chi connectivity index (χ1v) is 8.12. The first kappa shape index (κ1) is 16.9. The van der Waals surface area contributed by atoms with Crippen molar-refractivity contribution in [2.24, 2.45) is 5.73 Å². The lowest BCUT2D eigenvalue weighted by Crippen LogP contribution is -2.45. The van der Waals surface area contributed by atoms with Crippen LogP contribution < -0.4 is 11.1 Å². The number of nitrogens with one attached hydrogen (secondary N) is 2. The highest BCUT2D eigenvalue weighted by Gasteiger charge is 2.30. The number of ether oxygens (including phenoxy) is 1. The van der Waals surface area contributed by atoms with Crippen LogP contribution in [0.25, 0.3) is 0 Å². The van der Waals surface area contributed by atoms with Crippen molar-refractivity contribution in [1.82, 2.24) is 10.3 Å². The number of carbonyl (C=O) groups excluding carboxylic acids is 1. The van der Waals surface area contributed by atoms with Crippen LogP contribution in [0.3, 0.4) is 0 Å². The van der Waals surface area contributed by atoms with E-state index in [1.54, 1.807) is 0 Å². The molecule has 2 rings (SSSR count). The Morgan fingerprint density at radius 2 is 2.00 bits per heavy atom. The molecular formula is C17H29N3O2. The van der Waals surface area contributed by atoms with Crippen molar-refractivity contribution in [2.45, 2.75) is 64.4 Å². The summed E-state index contributed by atoms with van der Waals surface area (Å²) in [6, 6.07) is 2.22. The number of fused-ring (bicyclic) bond motifs is 1. The molecule has 0 spiro atoms. The Morgan fingerprint density at radius 1 is 1.32 bits per heavy atom. The number of aromatic amines is 1. The van der Waals surface area contributed by atoms with E-state index in [1.165, 1.54) is 24.1 Å². The molecule has 1 heterocycles. The van der Waals surface area contributed by atoms with E-state index in [9.17, 15) is 4.79 Å². The molecule has 0 fully saturated rings. The highest BCUT2D eigenvalue weighted by Crippen LogP contribution is 2.28. The molecule has 22 heavy (non-hydrogen) atoms. The third-order valence-corrected chi connectivity index (χ3v) is 4.24. The van der Waals surface area contributed by atoms with Crippen molar-refractivity contribution >= 4 is 6.09 Å². The van der Waals surface area contributed by atoms with Crippen molar-refractivity contribution in [1.29, 1.82) is 0 Å².